The summed E-state index contributed by atoms with van der Waals surface area (Å²) in [6, 6.07) is 0. The van der Waals surface area contributed by atoms with E-state index in [9.17, 15) is 0 Å². The highest BCUT2D eigenvalue weighted by molar-refractivity contribution is 5.33. The molecule has 1 aliphatic heterocycles. The summed E-state index contributed by atoms with van der Waals surface area (Å²) in [6.07, 6.45) is 12.4. The van der Waals surface area contributed by atoms with Gasteiger partial charge in [0.2, 0.25) is 0 Å². The van der Waals surface area contributed by atoms with Crippen LogP contribution >= 0.6 is 0 Å². The van der Waals surface area contributed by atoms with Crippen molar-refractivity contribution in [3.8, 4) is 0 Å². The van der Waals surface area contributed by atoms with Crippen LogP contribution in [-0.2, 0) is 0 Å². The number of likely N-dealkylation sites (tertiary alicyclic amines) is 1. The van der Waals surface area contributed by atoms with Gasteiger partial charge in [0.15, 0.2) is 0 Å². The predicted molar refractivity (Wildman–Crippen MR) is 70.5 cm³/mol. The van der Waals surface area contributed by atoms with Crippen LogP contribution in [0, 0.1) is 11.3 Å². The Morgan fingerprint density at radius 1 is 1.25 bits per heavy atom. The van der Waals surface area contributed by atoms with Gasteiger partial charge < -0.3 is 4.90 Å². The van der Waals surface area contributed by atoms with Crippen molar-refractivity contribution in [1.29, 1.82) is 0 Å². The molecule has 1 nitrogen and oxygen atoms in total. The predicted octanol–water partition coefficient (Wildman–Crippen LogP) is 3.63. The van der Waals surface area contributed by atoms with Gasteiger partial charge in [0.1, 0.15) is 0 Å². The third-order valence-electron chi connectivity index (χ3n) is 4.25. The van der Waals surface area contributed by atoms with Crippen LogP contribution in [0.3, 0.4) is 0 Å². The molecule has 0 aromatic carbocycles. The Morgan fingerprint density at radius 2 is 1.94 bits per heavy atom. The van der Waals surface area contributed by atoms with E-state index in [0.717, 1.165) is 5.92 Å². The largest absolute Gasteiger partial charge is 0.306 e. The fraction of sp³-hybridized carbons (Fsp3) is 0.733. The Bertz CT molecular complexity index is 297. The summed E-state index contributed by atoms with van der Waals surface area (Å²) in [6.45, 7) is 7.21. The maximum Gasteiger partial charge on any atom is -0.00218 e. The summed E-state index contributed by atoms with van der Waals surface area (Å²) in [5.41, 5.74) is 2.14. The zero-order chi connectivity index (χ0) is 11.6. The van der Waals surface area contributed by atoms with Crippen LogP contribution in [0.25, 0.3) is 0 Å². The summed E-state index contributed by atoms with van der Waals surface area (Å²) in [5.74, 6) is 0.891. The minimum atomic E-state index is 0.568. The number of hydrogen-bond acceptors (Lipinski definition) is 1. The van der Waals surface area contributed by atoms with E-state index in [1.807, 2.05) is 0 Å². The maximum atomic E-state index is 2.39. The number of nitrogens with zero attached hydrogens (tertiary/aromatic N) is 1. The molecule has 1 saturated heterocycles. The topological polar surface area (TPSA) is 3.24 Å². The molecule has 1 heteroatoms. The van der Waals surface area contributed by atoms with E-state index in [-0.39, 0.29) is 0 Å². The van der Waals surface area contributed by atoms with E-state index >= 15 is 0 Å². The fourth-order valence-electron chi connectivity index (χ4n) is 2.83. The van der Waals surface area contributed by atoms with Crippen LogP contribution in [-0.4, -0.2) is 25.0 Å². The van der Waals surface area contributed by atoms with Gasteiger partial charge in [0, 0.05) is 0 Å². The van der Waals surface area contributed by atoms with Crippen molar-refractivity contribution >= 4 is 0 Å². The lowest BCUT2D eigenvalue weighted by molar-refractivity contribution is 0.277. The maximum absolute atomic E-state index is 2.39. The summed E-state index contributed by atoms with van der Waals surface area (Å²) in [5, 5.41) is 0. The molecule has 2 aliphatic carbocycles. The third kappa shape index (κ3) is 2.76. The molecule has 2 atom stereocenters. The van der Waals surface area contributed by atoms with Crippen LogP contribution < -0.4 is 0 Å². The van der Waals surface area contributed by atoms with Crippen molar-refractivity contribution in [3.63, 3.8) is 0 Å². The van der Waals surface area contributed by atoms with Crippen molar-refractivity contribution in [2.75, 3.05) is 20.1 Å². The van der Waals surface area contributed by atoms with Crippen molar-refractivity contribution in [2.45, 2.75) is 39.5 Å². The van der Waals surface area contributed by atoms with Gasteiger partial charge in [-0.15, -0.1) is 0 Å². The molecule has 3 rings (SSSR count). The number of rotatable bonds is 0. The van der Waals surface area contributed by atoms with Crippen LogP contribution in [0.4, 0.5) is 0 Å². The minimum Gasteiger partial charge on any atom is -0.306 e. The molecule has 0 N–H and O–H groups in total. The second kappa shape index (κ2) is 4.75. The summed E-state index contributed by atoms with van der Waals surface area (Å²) >= 11 is 0. The molecule has 0 radical (unpaired) electrons. The van der Waals surface area contributed by atoms with Crippen LogP contribution in [0.5, 0.6) is 0 Å². The molecule has 1 saturated carbocycles. The SMILES string of the molecule is CC1=CC=CC2(C)CC12.CN1CCCCC1. The molecule has 3 aliphatic rings. The van der Waals surface area contributed by atoms with E-state index < -0.39 is 0 Å². The molecule has 2 fully saturated rings. The number of allylic oxidation sites excluding steroid dienone is 4. The summed E-state index contributed by atoms with van der Waals surface area (Å²) in [7, 11) is 2.19. The fourth-order valence-corrected chi connectivity index (χ4v) is 2.83. The highest BCUT2D eigenvalue weighted by Crippen LogP contribution is 2.58. The smallest absolute Gasteiger partial charge is 0.00218 e. The average molecular weight is 219 g/mol. The Kier molecular flexibility index (Phi) is 3.53. The molecule has 0 aromatic heterocycles. The molecular formula is C15H25N. The molecule has 16 heavy (non-hydrogen) atoms. The quantitative estimate of drug-likeness (QED) is 0.601. The van der Waals surface area contributed by atoms with Gasteiger partial charge in [-0.05, 0) is 57.7 Å². The van der Waals surface area contributed by atoms with Gasteiger partial charge in [-0.25, -0.2) is 0 Å². The molecule has 1 heterocycles. The molecule has 0 bridgehead atoms. The first-order valence-corrected chi connectivity index (χ1v) is 6.66. The highest BCUT2D eigenvalue weighted by atomic mass is 15.1. The second-order valence-corrected chi connectivity index (χ2v) is 5.90. The summed E-state index contributed by atoms with van der Waals surface area (Å²) < 4.78 is 0. The zero-order valence-corrected chi connectivity index (χ0v) is 11.0. The van der Waals surface area contributed by atoms with Crippen molar-refractivity contribution in [3.05, 3.63) is 23.8 Å². The lowest BCUT2D eigenvalue weighted by atomic mass is 9.97. The van der Waals surface area contributed by atoms with E-state index in [1.54, 1.807) is 5.57 Å². The Labute approximate surface area is 100 Å². The summed E-state index contributed by atoms with van der Waals surface area (Å²) in [4.78, 5) is 2.39. The second-order valence-electron chi connectivity index (χ2n) is 5.90. The molecule has 0 spiro atoms. The van der Waals surface area contributed by atoms with Crippen LogP contribution in [0.2, 0.25) is 0 Å². The van der Waals surface area contributed by atoms with Crippen LogP contribution in [0.1, 0.15) is 39.5 Å². The lowest BCUT2D eigenvalue weighted by Crippen LogP contribution is -2.24. The Morgan fingerprint density at radius 3 is 2.38 bits per heavy atom. The standard InChI is InChI=1S/C9H12.C6H13N/c1-7-4-3-5-9(2)6-8(7)9;1-7-5-3-2-4-6-7/h3-5,8H,6H2,1-2H3;2-6H2,1H3. The number of piperidine rings is 1. The molecule has 90 valence electrons. The molecule has 0 amide bonds. The lowest BCUT2D eigenvalue weighted by Gasteiger charge is -2.20. The van der Waals surface area contributed by atoms with E-state index in [1.165, 1.54) is 38.8 Å². The van der Waals surface area contributed by atoms with Crippen molar-refractivity contribution < 1.29 is 0 Å². The van der Waals surface area contributed by atoms with Gasteiger partial charge in [0.05, 0.1) is 0 Å². The van der Waals surface area contributed by atoms with Gasteiger partial charge in [-0.2, -0.15) is 0 Å². The number of fused-ring (bicyclic) bond motifs is 1. The van der Waals surface area contributed by atoms with Crippen molar-refractivity contribution in [1.82, 2.24) is 4.90 Å². The molecular weight excluding hydrogens is 194 g/mol. The van der Waals surface area contributed by atoms with Gasteiger partial charge in [0.25, 0.3) is 0 Å². The Balaban J connectivity index is 0.000000125. The normalized spacial score (nSPS) is 36.9. The van der Waals surface area contributed by atoms with Gasteiger partial charge in [-0.1, -0.05) is 37.1 Å². The van der Waals surface area contributed by atoms with Gasteiger partial charge in [-0.3, -0.25) is 0 Å². The van der Waals surface area contributed by atoms with Crippen molar-refractivity contribution in [2.24, 2.45) is 11.3 Å². The molecule has 2 unspecified atom stereocenters. The average Bonchev–Trinajstić information content (AvgIpc) is 2.94. The van der Waals surface area contributed by atoms with Crippen LogP contribution in [0.15, 0.2) is 23.8 Å². The van der Waals surface area contributed by atoms with Gasteiger partial charge >= 0.3 is 0 Å². The minimum absolute atomic E-state index is 0.568. The first-order valence-electron chi connectivity index (χ1n) is 6.66. The highest BCUT2D eigenvalue weighted by Gasteiger charge is 2.49. The van der Waals surface area contributed by atoms with E-state index in [2.05, 4.69) is 44.0 Å². The van der Waals surface area contributed by atoms with E-state index in [0.29, 0.717) is 5.41 Å². The Hall–Kier alpha value is -0.560. The first kappa shape index (κ1) is 11.9. The monoisotopic (exact) mass is 219 g/mol. The molecule has 0 aromatic rings. The third-order valence-corrected chi connectivity index (χ3v) is 4.25. The first-order chi connectivity index (χ1) is 7.62. The van der Waals surface area contributed by atoms with E-state index in [4.69, 9.17) is 0 Å². The zero-order valence-electron chi connectivity index (χ0n) is 11.0. The number of hydrogen-bond donors (Lipinski definition) is 0.